The second-order valence-corrected chi connectivity index (χ2v) is 9.77. The first-order valence-electron chi connectivity index (χ1n) is 11.0. The predicted molar refractivity (Wildman–Crippen MR) is 125 cm³/mol. The van der Waals surface area contributed by atoms with E-state index in [9.17, 15) is 0 Å². The van der Waals surface area contributed by atoms with Crippen LogP contribution >= 0.6 is 12.2 Å². The normalized spacial score (nSPS) is 29.1. The van der Waals surface area contributed by atoms with E-state index in [2.05, 4.69) is 28.0 Å². The molecular weight excluding hydrogens is 390 g/mol. The molecule has 0 atom stereocenters. The number of benzene rings is 2. The van der Waals surface area contributed by atoms with Crippen molar-refractivity contribution in [1.29, 1.82) is 0 Å². The van der Waals surface area contributed by atoms with E-state index in [0.717, 1.165) is 34.6 Å². The number of hydrogen-bond donors (Lipinski definition) is 2. The van der Waals surface area contributed by atoms with Crippen LogP contribution in [0.4, 0.5) is 0 Å². The molecule has 5 heteroatoms. The Morgan fingerprint density at radius 1 is 0.967 bits per heavy atom. The molecule has 4 aliphatic rings. The van der Waals surface area contributed by atoms with Crippen molar-refractivity contribution < 1.29 is 4.74 Å². The lowest BCUT2D eigenvalue weighted by molar-refractivity contribution is -0.0101. The highest BCUT2D eigenvalue weighted by Crippen LogP contribution is 2.55. The van der Waals surface area contributed by atoms with E-state index in [1.54, 1.807) is 6.21 Å². The summed E-state index contributed by atoms with van der Waals surface area (Å²) in [6, 6.07) is 18.1. The number of rotatable bonds is 6. The van der Waals surface area contributed by atoms with E-state index in [0.29, 0.717) is 11.7 Å². The molecule has 4 nitrogen and oxygen atoms in total. The molecule has 2 aromatic carbocycles. The summed E-state index contributed by atoms with van der Waals surface area (Å²) in [6.45, 7) is 0.570. The molecule has 4 bridgehead atoms. The third-order valence-electron chi connectivity index (χ3n) is 6.93. The molecule has 4 saturated carbocycles. The van der Waals surface area contributed by atoms with Crippen LogP contribution in [0.2, 0.25) is 0 Å². The zero-order valence-electron chi connectivity index (χ0n) is 17.2. The molecule has 2 aromatic rings. The number of ether oxygens (including phenoxy) is 1. The lowest BCUT2D eigenvalue weighted by Crippen LogP contribution is -2.61. The van der Waals surface area contributed by atoms with Crippen LogP contribution in [0, 0.1) is 17.8 Å². The maximum Gasteiger partial charge on any atom is 0.187 e. The molecule has 4 aliphatic carbocycles. The van der Waals surface area contributed by atoms with E-state index in [-0.39, 0.29) is 5.54 Å². The van der Waals surface area contributed by atoms with Gasteiger partial charge in [-0.05, 0) is 104 Å². The molecule has 0 unspecified atom stereocenters. The van der Waals surface area contributed by atoms with Gasteiger partial charge in [-0.1, -0.05) is 30.3 Å². The van der Waals surface area contributed by atoms with Crippen LogP contribution in [0.25, 0.3) is 0 Å². The molecule has 0 saturated heterocycles. The largest absolute Gasteiger partial charge is 0.489 e. The van der Waals surface area contributed by atoms with Gasteiger partial charge in [0, 0.05) is 5.54 Å². The van der Waals surface area contributed by atoms with Crippen molar-refractivity contribution >= 4 is 23.5 Å². The van der Waals surface area contributed by atoms with E-state index in [1.807, 2.05) is 42.5 Å². The van der Waals surface area contributed by atoms with E-state index >= 15 is 0 Å². The summed E-state index contributed by atoms with van der Waals surface area (Å²) >= 11 is 5.55. The van der Waals surface area contributed by atoms with Crippen LogP contribution < -0.4 is 15.5 Å². The lowest BCUT2D eigenvalue weighted by atomic mass is 9.53. The van der Waals surface area contributed by atoms with Gasteiger partial charge < -0.3 is 10.1 Å². The van der Waals surface area contributed by atoms with E-state index in [4.69, 9.17) is 17.0 Å². The third-order valence-corrected chi connectivity index (χ3v) is 7.12. The van der Waals surface area contributed by atoms with Crippen molar-refractivity contribution in [2.45, 2.75) is 50.7 Å². The summed E-state index contributed by atoms with van der Waals surface area (Å²) < 4.78 is 5.83. The Balaban J connectivity index is 1.10. The summed E-state index contributed by atoms with van der Waals surface area (Å²) in [7, 11) is 0. The van der Waals surface area contributed by atoms with Gasteiger partial charge >= 0.3 is 0 Å². The molecule has 30 heavy (non-hydrogen) atoms. The van der Waals surface area contributed by atoms with Crippen molar-refractivity contribution in [2.75, 3.05) is 0 Å². The Kier molecular flexibility index (Phi) is 5.47. The van der Waals surface area contributed by atoms with Gasteiger partial charge in [-0.3, -0.25) is 5.43 Å². The number of hydrazone groups is 1. The van der Waals surface area contributed by atoms with E-state index < -0.39 is 0 Å². The van der Waals surface area contributed by atoms with Crippen molar-refractivity contribution in [3.05, 3.63) is 65.7 Å². The first kappa shape index (κ1) is 19.6. The van der Waals surface area contributed by atoms with Crippen LogP contribution in [0.1, 0.15) is 49.7 Å². The summed E-state index contributed by atoms with van der Waals surface area (Å²) in [6.07, 6.45) is 9.92. The van der Waals surface area contributed by atoms with Crippen LogP contribution in [0.5, 0.6) is 5.75 Å². The van der Waals surface area contributed by atoms with Crippen LogP contribution in [-0.4, -0.2) is 16.9 Å². The quantitative estimate of drug-likeness (QED) is 0.391. The minimum Gasteiger partial charge on any atom is -0.489 e. The van der Waals surface area contributed by atoms with E-state index in [1.165, 1.54) is 38.5 Å². The Labute approximate surface area is 184 Å². The first-order valence-corrected chi connectivity index (χ1v) is 11.4. The molecule has 0 spiro atoms. The van der Waals surface area contributed by atoms with Crippen molar-refractivity contribution in [3.63, 3.8) is 0 Å². The second-order valence-electron chi connectivity index (χ2n) is 9.37. The minimum atomic E-state index is 0.214. The molecule has 0 heterocycles. The standard InChI is InChI=1S/C25H29N3OS/c30-24(27-25-13-20-10-21(14-25)12-22(11-20)15-25)28-26-16-18-6-8-23(9-7-18)29-17-19-4-2-1-3-5-19/h1-9,16,20-22H,10-15,17H2,(H2,27,28,30)/b26-16+. The van der Waals surface area contributed by atoms with Gasteiger partial charge in [0.05, 0.1) is 6.21 Å². The fraction of sp³-hybridized carbons (Fsp3) is 0.440. The Morgan fingerprint density at radius 2 is 1.60 bits per heavy atom. The third kappa shape index (κ3) is 4.51. The van der Waals surface area contributed by atoms with Crippen LogP contribution in [0.15, 0.2) is 59.7 Å². The smallest absolute Gasteiger partial charge is 0.187 e. The number of nitrogens with zero attached hydrogens (tertiary/aromatic N) is 1. The number of hydrogen-bond acceptors (Lipinski definition) is 3. The number of thiocarbonyl (C=S) groups is 1. The van der Waals surface area contributed by atoms with Gasteiger partial charge in [-0.25, -0.2) is 0 Å². The van der Waals surface area contributed by atoms with Gasteiger partial charge in [0.25, 0.3) is 0 Å². The molecule has 0 radical (unpaired) electrons. The second kappa shape index (κ2) is 8.38. The zero-order valence-corrected chi connectivity index (χ0v) is 18.0. The Morgan fingerprint density at radius 3 is 2.23 bits per heavy atom. The molecule has 4 fully saturated rings. The SMILES string of the molecule is S=C(N/N=C/c1ccc(OCc2ccccc2)cc1)NC12CC3CC(CC(C3)C1)C2. The predicted octanol–water partition coefficient (Wildman–Crippen LogP) is 5.03. The monoisotopic (exact) mass is 419 g/mol. The molecule has 6 rings (SSSR count). The summed E-state index contributed by atoms with van der Waals surface area (Å²) in [5.41, 5.74) is 5.41. The molecule has 0 aliphatic heterocycles. The van der Waals surface area contributed by atoms with Gasteiger partial charge in [-0.2, -0.15) is 5.10 Å². The molecular formula is C25H29N3OS. The van der Waals surface area contributed by atoms with Crippen LogP contribution in [0.3, 0.4) is 0 Å². The molecule has 156 valence electrons. The van der Waals surface area contributed by atoms with Crippen molar-refractivity contribution in [1.82, 2.24) is 10.7 Å². The van der Waals surface area contributed by atoms with Crippen molar-refractivity contribution in [2.24, 2.45) is 22.9 Å². The highest BCUT2D eigenvalue weighted by Gasteiger charge is 2.51. The molecule has 0 aromatic heterocycles. The Bertz CT molecular complexity index is 874. The number of nitrogens with one attached hydrogen (secondary N) is 2. The molecule has 0 amide bonds. The average Bonchev–Trinajstić information content (AvgIpc) is 2.72. The van der Waals surface area contributed by atoms with Crippen LogP contribution in [-0.2, 0) is 6.61 Å². The lowest BCUT2D eigenvalue weighted by Gasteiger charge is -2.57. The maximum atomic E-state index is 5.83. The summed E-state index contributed by atoms with van der Waals surface area (Å²) in [4.78, 5) is 0. The van der Waals surface area contributed by atoms with Gasteiger partial charge in [-0.15, -0.1) is 0 Å². The fourth-order valence-electron chi connectivity index (χ4n) is 6.09. The highest BCUT2D eigenvalue weighted by molar-refractivity contribution is 7.80. The zero-order chi connectivity index (χ0) is 20.4. The van der Waals surface area contributed by atoms with Gasteiger partial charge in [0.1, 0.15) is 12.4 Å². The Hall–Kier alpha value is -2.40. The maximum absolute atomic E-state index is 5.83. The minimum absolute atomic E-state index is 0.214. The summed E-state index contributed by atoms with van der Waals surface area (Å²) in [5.74, 6) is 3.55. The highest BCUT2D eigenvalue weighted by atomic mass is 32.1. The van der Waals surface area contributed by atoms with Crippen molar-refractivity contribution in [3.8, 4) is 5.75 Å². The fourth-order valence-corrected chi connectivity index (χ4v) is 6.36. The topological polar surface area (TPSA) is 45.7 Å². The average molecular weight is 420 g/mol. The van der Waals surface area contributed by atoms with Gasteiger partial charge in [0.15, 0.2) is 5.11 Å². The summed E-state index contributed by atoms with van der Waals surface area (Å²) in [5, 5.41) is 8.63. The van der Waals surface area contributed by atoms with Gasteiger partial charge in [0.2, 0.25) is 0 Å². The first-order chi connectivity index (χ1) is 14.7. The molecule has 2 N–H and O–H groups in total.